The smallest absolute Gasteiger partial charge is 0.0500 e. The summed E-state index contributed by atoms with van der Waals surface area (Å²) >= 11 is 3.55. The Bertz CT molecular complexity index is 567. The van der Waals surface area contributed by atoms with Gasteiger partial charge in [-0.25, -0.2) is 0 Å². The highest BCUT2D eigenvalue weighted by molar-refractivity contribution is 9.10. The van der Waals surface area contributed by atoms with Crippen molar-refractivity contribution in [1.29, 1.82) is 0 Å². The fourth-order valence-corrected chi connectivity index (χ4v) is 3.29. The van der Waals surface area contributed by atoms with E-state index in [2.05, 4.69) is 78.5 Å². The fourth-order valence-electron chi connectivity index (χ4n) is 2.66. The van der Waals surface area contributed by atoms with E-state index >= 15 is 0 Å². The van der Waals surface area contributed by atoms with Crippen LogP contribution in [0.15, 0.2) is 40.9 Å². The zero-order valence-corrected chi connectivity index (χ0v) is 13.8. The standard InChI is InChI=1S/C17H21BrN2/c1-11-4-12(2)6-14(5-11)9-17(20-19)15-7-13(3)8-16(18)10-15/h4-8,10,17,20H,9,19H2,1-3H3. The number of aryl methyl sites for hydroxylation is 3. The van der Waals surface area contributed by atoms with Crippen molar-refractivity contribution in [3.8, 4) is 0 Å². The lowest BCUT2D eigenvalue weighted by atomic mass is 9.96. The van der Waals surface area contributed by atoms with Gasteiger partial charge >= 0.3 is 0 Å². The lowest BCUT2D eigenvalue weighted by molar-refractivity contribution is 0.551. The van der Waals surface area contributed by atoms with Crippen molar-refractivity contribution in [2.24, 2.45) is 5.84 Å². The molecule has 2 nitrogen and oxygen atoms in total. The van der Waals surface area contributed by atoms with Crippen LogP contribution < -0.4 is 11.3 Å². The molecule has 2 aromatic rings. The van der Waals surface area contributed by atoms with Crippen molar-refractivity contribution in [3.05, 3.63) is 68.7 Å². The molecule has 0 radical (unpaired) electrons. The Kier molecular flexibility index (Phi) is 4.97. The third-order valence-corrected chi connectivity index (χ3v) is 3.85. The predicted octanol–water partition coefficient (Wildman–Crippen LogP) is 4.12. The number of hydrogen-bond acceptors (Lipinski definition) is 2. The molecule has 3 N–H and O–H groups in total. The van der Waals surface area contributed by atoms with Crippen molar-refractivity contribution < 1.29 is 0 Å². The molecule has 3 heteroatoms. The maximum Gasteiger partial charge on any atom is 0.0500 e. The second-order valence-electron chi connectivity index (χ2n) is 5.48. The Morgan fingerprint density at radius 1 is 0.950 bits per heavy atom. The van der Waals surface area contributed by atoms with Crippen molar-refractivity contribution in [1.82, 2.24) is 5.43 Å². The average molecular weight is 333 g/mol. The van der Waals surface area contributed by atoms with Crippen molar-refractivity contribution in [3.63, 3.8) is 0 Å². The highest BCUT2D eigenvalue weighted by atomic mass is 79.9. The van der Waals surface area contributed by atoms with Crippen LogP contribution in [0.2, 0.25) is 0 Å². The van der Waals surface area contributed by atoms with Crippen molar-refractivity contribution in [2.75, 3.05) is 0 Å². The topological polar surface area (TPSA) is 38.0 Å². The van der Waals surface area contributed by atoms with Gasteiger partial charge in [-0.2, -0.15) is 0 Å². The largest absolute Gasteiger partial charge is 0.271 e. The van der Waals surface area contributed by atoms with Gasteiger partial charge in [0.1, 0.15) is 0 Å². The zero-order chi connectivity index (χ0) is 14.7. The molecule has 0 saturated carbocycles. The Hall–Kier alpha value is -1.16. The van der Waals surface area contributed by atoms with E-state index in [1.165, 1.54) is 27.8 Å². The van der Waals surface area contributed by atoms with Crippen molar-refractivity contribution >= 4 is 15.9 Å². The summed E-state index contributed by atoms with van der Waals surface area (Å²) in [5, 5.41) is 0. The maximum atomic E-state index is 5.76. The Morgan fingerprint density at radius 2 is 1.55 bits per heavy atom. The monoisotopic (exact) mass is 332 g/mol. The van der Waals surface area contributed by atoms with E-state index in [4.69, 9.17) is 5.84 Å². The fraction of sp³-hybridized carbons (Fsp3) is 0.294. The Balaban J connectivity index is 2.28. The van der Waals surface area contributed by atoms with Gasteiger partial charge in [0.2, 0.25) is 0 Å². The van der Waals surface area contributed by atoms with Crippen LogP contribution in [0, 0.1) is 20.8 Å². The number of halogens is 1. The van der Waals surface area contributed by atoms with Gasteiger partial charge in [-0.1, -0.05) is 51.3 Å². The summed E-state index contributed by atoms with van der Waals surface area (Å²) < 4.78 is 1.09. The molecule has 1 atom stereocenters. The van der Waals surface area contributed by atoms with Crippen LogP contribution in [-0.4, -0.2) is 0 Å². The molecule has 106 valence electrons. The molecule has 1 unspecified atom stereocenters. The first-order valence-electron chi connectivity index (χ1n) is 6.78. The molecule has 0 amide bonds. The van der Waals surface area contributed by atoms with E-state index in [-0.39, 0.29) is 6.04 Å². The lowest BCUT2D eigenvalue weighted by Crippen LogP contribution is -2.29. The first-order valence-corrected chi connectivity index (χ1v) is 7.57. The normalized spacial score (nSPS) is 12.4. The molecule has 0 aliphatic heterocycles. The summed E-state index contributed by atoms with van der Waals surface area (Å²) in [6.45, 7) is 6.36. The van der Waals surface area contributed by atoms with Crippen LogP contribution >= 0.6 is 15.9 Å². The first-order chi connectivity index (χ1) is 9.47. The maximum absolute atomic E-state index is 5.76. The minimum absolute atomic E-state index is 0.118. The van der Waals surface area contributed by atoms with Gasteiger partial charge in [0.05, 0.1) is 6.04 Å². The number of nitrogens with one attached hydrogen (secondary N) is 1. The van der Waals surface area contributed by atoms with Gasteiger partial charge in [-0.15, -0.1) is 0 Å². The third kappa shape index (κ3) is 3.92. The number of nitrogens with two attached hydrogens (primary N) is 1. The van der Waals surface area contributed by atoms with Crippen LogP contribution in [0.4, 0.5) is 0 Å². The van der Waals surface area contributed by atoms with Crippen LogP contribution in [0.25, 0.3) is 0 Å². The van der Waals surface area contributed by atoms with E-state index in [0.29, 0.717) is 0 Å². The summed E-state index contributed by atoms with van der Waals surface area (Å²) in [6.07, 6.45) is 0.884. The molecule has 0 saturated heterocycles. The summed E-state index contributed by atoms with van der Waals surface area (Å²) in [5.41, 5.74) is 9.27. The molecule has 0 heterocycles. The van der Waals surface area contributed by atoms with E-state index in [0.717, 1.165) is 10.9 Å². The summed E-state index contributed by atoms with van der Waals surface area (Å²) in [5.74, 6) is 5.76. The molecular weight excluding hydrogens is 312 g/mol. The molecule has 0 aliphatic carbocycles. The van der Waals surface area contributed by atoms with E-state index in [9.17, 15) is 0 Å². The average Bonchev–Trinajstić information content (AvgIpc) is 2.33. The van der Waals surface area contributed by atoms with Gasteiger partial charge in [-0.05, 0) is 56.0 Å². The molecule has 0 aromatic heterocycles. The van der Waals surface area contributed by atoms with E-state index < -0.39 is 0 Å². The molecule has 2 aromatic carbocycles. The van der Waals surface area contributed by atoms with Gasteiger partial charge in [-0.3, -0.25) is 11.3 Å². The lowest BCUT2D eigenvalue weighted by Gasteiger charge is -2.18. The SMILES string of the molecule is Cc1cc(C)cc(CC(NN)c2cc(C)cc(Br)c2)c1. The third-order valence-electron chi connectivity index (χ3n) is 3.39. The second-order valence-corrected chi connectivity index (χ2v) is 6.40. The number of hydrazine groups is 1. The molecule has 0 fully saturated rings. The quantitative estimate of drug-likeness (QED) is 0.652. The predicted molar refractivity (Wildman–Crippen MR) is 88.6 cm³/mol. The highest BCUT2D eigenvalue weighted by Gasteiger charge is 2.12. The summed E-state index contributed by atoms with van der Waals surface area (Å²) in [6, 6.07) is 13.2. The van der Waals surface area contributed by atoms with Crippen molar-refractivity contribution in [2.45, 2.75) is 33.2 Å². The van der Waals surface area contributed by atoms with Crippen LogP contribution in [0.1, 0.15) is 33.9 Å². The number of benzene rings is 2. The molecule has 0 bridgehead atoms. The summed E-state index contributed by atoms with van der Waals surface area (Å²) in [7, 11) is 0. The van der Waals surface area contributed by atoms with Gasteiger partial charge < -0.3 is 0 Å². The van der Waals surface area contributed by atoms with Gasteiger partial charge in [0.25, 0.3) is 0 Å². The molecule has 0 aliphatic rings. The number of rotatable bonds is 4. The Labute approximate surface area is 129 Å². The Morgan fingerprint density at radius 3 is 2.10 bits per heavy atom. The van der Waals surface area contributed by atoms with Crippen LogP contribution in [-0.2, 0) is 6.42 Å². The van der Waals surface area contributed by atoms with Gasteiger partial charge in [0.15, 0.2) is 0 Å². The molecular formula is C17H21BrN2. The van der Waals surface area contributed by atoms with E-state index in [1.54, 1.807) is 0 Å². The highest BCUT2D eigenvalue weighted by Crippen LogP contribution is 2.24. The molecule has 20 heavy (non-hydrogen) atoms. The summed E-state index contributed by atoms with van der Waals surface area (Å²) in [4.78, 5) is 0. The van der Waals surface area contributed by atoms with E-state index in [1.807, 2.05) is 0 Å². The molecule has 0 spiro atoms. The van der Waals surface area contributed by atoms with Crippen LogP contribution in [0.3, 0.4) is 0 Å². The minimum Gasteiger partial charge on any atom is -0.271 e. The second kappa shape index (κ2) is 6.53. The zero-order valence-electron chi connectivity index (χ0n) is 12.2. The number of hydrogen-bond donors (Lipinski definition) is 2. The van der Waals surface area contributed by atoms with Crippen LogP contribution in [0.5, 0.6) is 0 Å². The first kappa shape index (κ1) is 15.2. The minimum atomic E-state index is 0.118. The molecule has 2 rings (SSSR count). The van der Waals surface area contributed by atoms with Gasteiger partial charge in [0, 0.05) is 4.47 Å².